The highest BCUT2D eigenvalue weighted by atomic mass is 16.3. The molecule has 23 heavy (non-hydrogen) atoms. The Balaban J connectivity index is 1.75. The smallest absolute Gasteiger partial charge is 0.155 e. The van der Waals surface area contributed by atoms with Gasteiger partial charge in [0.25, 0.3) is 0 Å². The summed E-state index contributed by atoms with van der Waals surface area (Å²) in [6.07, 6.45) is 7.69. The number of fused-ring (bicyclic) bond motifs is 5. The molecular weight excluding hydrogens is 288 g/mol. The van der Waals surface area contributed by atoms with E-state index in [1.54, 1.807) is 0 Å². The summed E-state index contributed by atoms with van der Waals surface area (Å²) in [6.45, 7) is 6.44. The van der Waals surface area contributed by atoms with Crippen LogP contribution in [0.25, 0.3) is 0 Å². The summed E-state index contributed by atoms with van der Waals surface area (Å²) in [7, 11) is 0. The van der Waals surface area contributed by atoms with Crippen LogP contribution in [0.4, 0.5) is 0 Å². The molecule has 0 spiro atoms. The predicted octanol–water partition coefficient (Wildman–Crippen LogP) is 3.24. The number of carbonyl (C=O) groups is 1. The normalized spacial score (nSPS) is 55.7. The predicted molar refractivity (Wildman–Crippen MR) is 88.7 cm³/mol. The van der Waals surface area contributed by atoms with E-state index in [0.29, 0.717) is 24.7 Å². The molecule has 3 fully saturated rings. The molecule has 0 aromatic carbocycles. The first-order valence-electron chi connectivity index (χ1n) is 9.33. The zero-order valence-electron chi connectivity index (χ0n) is 14.6. The standard InChI is InChI=1S/C20H30O3/c1-18-8-6-13(21)10-12(18)4-5-14-15-7-9-20(3,23)19(15,2)11-16(22)17(14)18/h10,14-17,22-23H,4-9,11H2,1-3H3. The van der Waals surface area contributed by atoms with Crippen LogP contribution in [0.5, 0.6) is 0 Å². The van der Waals surface area contributed by atoms with Gasteiger partial charge in [-0.3, -0.25) is 4.79 Å². The molecule has 0 heterocycles. The van der Waals surface area contributed by atoms with E-state index in [1.165, 1.54) is 5.57 Å². The maximum absolute atomic E-state index is 11.8. The van der Waals surface area contributed by atoms with Gasteiger partial charge >= 0.3 is 0 Å². The van der Waals surface area contributed by atoms with Crippen LogP contribution >= 0.6 is 0 Å². The van der Waals surface area contributed by atoms with Gasteiger partial charge in [-0.1, -0.05) is 19.4 Å². The van der Waals surface area contributed by atoms with Crippen LogP contribution in [0.3, 0.4) is 0 Å². The summed E-state index contributed by atoms with van der Waals surface area (Å²) in [6, 6.07) is 0. The van der Waals surface area contributed by atoms with Crippen molar-refractivity contribution in [2.24, 2.45) is 28.6 Å². The molecule has 0 amide bonds. The van der Waals surface area contributed by atoms with E-state index < -0.39 is 5.60 Å². The second-order valence-corrected chi connectivity index (χ2v) is 9.39. The van der Waals surface area contributed by atoms with Gasteiger partial charge in [0.2, 0.25) is 0 Å². The fourth-order valence-corrected chi connectivity index (χ4v) is 6.91. The fourth-order valence-electron chi connectivity index (χ4n) is 6.91. The lowest BCUT2D eigenvalue weighted by Crippen LogP contribution is -2.59. The third-order valence-electron chi connectivity index (χ3n) is 8.46. The zero-order chi connectivity index (χ0) is 16.6. The highest BCUT2D eigenvalue weighted by Gasteiger charge is 2.64. The van der Waals surface area contributed by atoms with Crippen LogP contribution in [0, 0.1) is 28.6 Å². The molecule has 0 aromatic rings. The monoisotopic (exact) mass is 318 g/mol. The molecule has 7 unspecified atom stereocenters. The van der Waals surface area contributed by atoms with Crippen molar-refractivity contribution in [3.05, 3.63) is 11.6 Å². The van der Waals surface area contributed by atoms with E-state index in [2.05, 4.69) is 13.8 Å². The van der Waals surface area contributed by atoms with E-state index in [4.69, 9.17) is 0 Å². The van der Waals surface area contributed by atoms with Gasteiger partial charge in [-0.15, -0.1) is 0 Å². The van der Waals surface area contributed by atoms with Crippen molar-refractivity contribution in [1.29, 1.82) is 0 Å². The first-order chi connectivity index (χ1) is 10.7. The molecule has 0 saturated heterocycles. The molecule has 3 heteroatoms. The van der Waals surface area contributed by atoms with Crippen molar-refractivity contribution in [1.82, 2.24) is 0 Å². The van der Waals surface area contributed by atoms with Gasteiger partial charge in [0.15, 0.2) is 5.78 Å². The minimum atomic E-state index is -0.664. The minimum Gasteiger partial charge on any atom is -0.393 e. The summed E-state index contributed by atoms with van der Waals surface area (Å²) >= 11 is 0. The van der Waals surface area contributed by atoms with Crippen LogP contribution in [-0.2, 0) is 4.79 Å². The van der Waals surface area contributed by atoms with Crippen molar-refractivity contribution in [2.75, 3.05) is 0 Å². The Kier molecular flexibility index (Phi) is 3.23. The van der Waals surface area contributed by atoms with E-state index in [-0.39, 0.29) is 28.6 Å². The highest BCUT2D eigenvalue weighted by Crippen LogP contribution is 2.67. The largest absolute Gasteiger partial charge is 0.393 e. The van der Waals surface area contributed by atoms with Crippen LogP contribution in [0.2, 0.25) is 0 Å². The molecule has 3 nitrogen and oxygen atoms in total. The Bertz CT molecular complexity index is 577. The summed E-state index contributed by atoms with van der Waals surface area (Å²) in [5.41, 5.74) is 0.424. The molecule has 0 aliphatic heterocycles. The Labute approximate surface area is 139 Å². The molecule has 0 radical (unpaired) electrons. The molecular formula is C20H30O3. The number of ketones is 1. The number of allylic oxidation sites excluding steroid dienone is 1. The molecule has 2 N–H and O–H groups in total. The third-order valence-corrected chi connectivity index (χ3v) is 8.46. The number of aliphatic hydroxyl groups is 2. The number of hydrogen-bond donors (Lipinski definition) is 2. The van der Waals surface area contributed by atoms with Crippen molar-refractivity contribution in [3.63, 3.8) is 0 Å². The molecule has 4 aliphatic carbocycles. The third kappa shape index (κ3) is 1.93. The zero-order valence-corrected chi connectivity index (χ0v) is 14.6. The average Bonchev–Trinajstić information content (AvgIpc) is 2.69. The van der Waals surface area contributed by atoms with Crippen molar-refractivity contribution in [3.8, 4) is 0 Å². The molecule has 3 saturated carbocycles. The van der Waals surface area contributed by atoms with E-state index >= 15 is 0 Å². The van der Waals surface area contributed by atoms with Gasteiger partial charge in [0, 0.05) is 11.8 Å². The van der Waals surface area contributed by atoms with Crippen LogP contribution < -0.4 is 0 Å². The maximum atomic E-state index is 11.8. The van der Waals surface area contributed by atoms with E-state index in [1.807, 2.05) is 13.0 Å². The van der Waals surface area contributed by atoms with Crippen molar-refractivity contribution < 1.29 is 15.0 Å². The van der Waals surface area contributed by atoms with E-state index in [0.717, 1.165) is 32.1 Å². The summed E-state index contributed by atoms with van der Waals surface area (Å²) in [5, 5.41) is 22.0. The number of rotatable bonds is 0. The van der Waals surface area contributed by atoms with Gasteiger partial charge in [-0.05, 0) is 74.7 Å². The SMILES string of the molecule is CC12CCC(=O)C=C1CCC1C2C(O)CC2(C)C1CCC2(C)O. The van der Waals surface area contributed by atoms with Gasteiger partial charge in [-0.2, -0.15) is 0 Å². The summed E-state index contributed by atoms with van der Waals surface area (Å²) in [4.78, 5) is 11.8. The first kappa shape index (κ1) is 15.8. The molecule has 4 aliphatic rings. The number of hydrogen-bond acceptors (Lipinski definition) is 3. The molecule has 7 atom stereocenters. The minimum absolute atomic E-state index is 0.0218. The maximum Gasteiger partial charge on any atom is 0.155 e. The molecule has 0 aromatic heterocycles. The first-order valence-corrected chi connectivity index (χ1v) is 9.33. The second kappa shape index (κ2) is 4.70. The molecule has 0 bridgehead atoms. The molecule has 128 valence electrons. The van der Waals surface area contributed by atoms with Crippen molar-refractivity contribution in [2.45, 2.75) is 77.4 Å². The van der Waals surface area contributed by atoms with Crippen LogP contribution in [0.1, 0.15) is 65.7 Å². The number of aliphatic hydroxyl groups excluding tert-OH is 1. The Hall–Kier alpha value is -0.670. The average molecular weight is 318 g/mol. The lowest BCUT2D eigenvalue weighted by atomic mass is 9.45. The van der Waals surface area contributed by atoms with Gasteiger partial charge in [0.05, 0.1) is 11.7 Å². The lowest BCUT2D eigenvalue weighted by molar-refractivity contribution is -0.166. The highest BCUT2D eigenvalue weighted by molar-refractivity contribution is 5.91. The molecule has 4 rings (SSSR count). The summed E-state index contributed by atoms with van der Waals surface area (Å²) < 4.78 is 0. The summed E-state index contributed by atoms with van der Waals surface area (Å²) in [5.74, 6) is 1.49. The number of carbonyl (C=O) groups excluding carboxylic acids is 1. The second-order valence-electron chi connectivity index (χ2n) is 9.39. The Morgan fingerprint density at radius 2 is 1.87 bits per heavy atom. The van der Waals surface area contributed by atoms with Crippen molar-refractivity contribution >= 4 is 5.78 Å². The fraction of sp³-hybridized carbons (Fsp3) is 0.850. The van der Waals surface area contributed by atoms with Gasteiger partial charge in [0.1, 0.15) is 0 Å². The lowest BCUT2D eigenvalue weighted by Gasteiger charge is -2.60. The Morgan fingerprint density at radius 1 is 1.13 bits per heavy atom. The van der Waals surface area contributed by atoms with Crippen LogP contribution in [-0.4, -0.2) is 27.7 Å². The van der Waals surface area contributed by atoms with Crippen LogP contribution in [0.15, 0.2) is 11.6 Å². The van der Waals surface area contributed by atoms with E-state index in [9.17, 15) is 15.0 Å². The quantitative estimate of drug-likeness (QED) is 0.721. The Morgan fingerprint density at radius 3 is 2.61 bits per heavy atom. The topological polar surface area (TPSA) is 57.5 Å². The van der Waals surface area contributed by atoms with Gasteiger partial charge < -0.3 is 10.2 Å². The van der Waals surface area contributed by atoms with Gasteiger partial charge in [-0.25, -0.2) is 0 Å².